The molecule has 0 aromatic heterocycles. The lowest BCUT2D eigenvalue weighted by Crippen LogP contribution is -2.70. The predicted molar refractivity (Wildman–Crippen MR) is 283 cm³/mol. The first-order valence-corrected chi connectivity index (χ1v) is 27.9. The second-order valence-corrected chi connectivity index (χ2v) is 24.8. The molecule has 6 aliphatic rings. The van der Waals surface area contributed by atoms with Crippen molar-refractivity contribution in [3.63, 3.8) is 0 Å². The van der Waals surface area contributed by atoms with Crippen LogP contribution in [0.15, 0.2) is 121 Å². The SMILES string of the molecule is CC(C)[C@@H]1CC[C@]2(C)CC[C@]3(C(=O)O[C@@H]4O[C@H](COC(=O)c5ccccc5)[C@@H](OC(=O)c5ccccc5)[C@H](OC(=O)c5ccccc5)[C@H]4OC(=O)c4ccccc4)[C@H](CC[C@@H]4[C@@]5(C)CC[C@H](O)C(C)(C)[C@@H]5CC[C@]43C)[C@@H]12. The Morgan fingerprint density at radius 3 is 1.61 bits per heavy atom. The normalized spacial score (nSPS) is 36.2. The van der Waals surface area contributed by atoms with Crippen molar-refractivity contribution in [1.82, 2.24) is 0 Å². The molecular formula is C64H76O12. The van der Waals surface area contributed by atoms with Crippen LogP contribution in [0, 0.1) is 62.6 Å². The first kappa shape index (κ1) is 53.5. The predicted octanol–water partition coefficient (Wildman–Crippen LogP) is 11.9. The standard InChI is InChI=1S/C64H76O12/c1-39(2)44-30-33-61(5)36-37-64(45(50(44)61)28-29-48-62(6)34-32-49(65)60(3,4)47(62)31-35-63(48,64)7)59(70)76-58-53(75-57(69)43-26-18-11-19-27-43)52(74-56(68)42-24-16-10-17-25-42)51(73-55(67)41-22-14-9-15-23-41)46(72-58)38-71-54(66)40-20-12-8-13-21-40/h8-27,39,44-53,58,65H,28-38H2,1-7H3/t44-,45+,46+,47-,48+,49-,50+,51+,52-,53+,58-,61+,62-,63+,64+/m0/s1. The summed E-state index contributed by atoms with van der Waals surface area (Å²) in [5, 5.41) is 11.5. The minimum absolute atomic E-state index is 0.0139. The summed E-state index contributed by atoms with van der Waals surface area (Å²) >= 11 is 0. The van der Waals surface area contributed by atoms with Gasteiger partial charge >= 0.3 is 29.8 Å². The summed E-state index contributed by atoms with van der Waals surface area (Å²) in [5.41, 5.74) is -1.36. The Kier molecular flexibility index (Phi) is 14.7. The van der Waals surface area contributed by atoms with Gasteiger partial charge in [-0.05, 0) is 170 Å². The molecule has 4 aromatic carbocycles. The first-order chi connectivity index (χ1) is 36.3. The van der Waals surface area contributed by atoms with Crippen molar-refractivity contribution in [1.29, 1.82) is 0 Å². The van der Waals surface area contributed by atoms with Crippen LogP contribution in [0.5, 0.6) is 0 Å². The fourth-order valence-corrected chi connectivity index (χ4v) is 16.7. The van der Waals surface area contributed by atoms with E-state index in [0.717, 1.165) is 51.4 Å². The molecule has 1 N–H and O–H groups in total. The van der Waals surface area contributed by atoms with E-state index in [-0.39, 0.29) is 62.2 Å². The zero-order valence-electron chi connectivity index (χ0n) is 45.2. The first-order valence-electron chi connectivity index (χ1n) is 27.9. The molecule has 0 unspecified atom stereocenters. The van der Waals surface area contributed by atoms with Crippen molar-refractivity contribution in [3.05, 3.63) is 144 Å². The molecule has 0 amide bonds. The molecule has 0 bridgehead atoms. The van der Waals surface area contributed by atoms with E-state index in [2.05, 4.69) is 48.5 Å². The van der Waals surface area contributed by atoms with Crippen LogP contribution in [0.25, 0.3) is 0 Å². The van der Waals surface area contributed by atoms with E-state index in [0.29, 0.717) is 24.7 Å². The molecule has 12 nitrogen and oxygen atoms in total. The number of hydrogen-bond acceptors (Lipinski definition) is 12. The second kappa shape index (κ2) is 20.8. The van der Waals surface area contributed by atoms with Gasteiger partial charge in [-0.2, -0.15) is 0 Å². The van der Waals surface area contributed by atoms with Gasteiger partial charge in [-0.1, -0.05) is 121 Å². The van der Waals surface area contributed by atoms with Gasteiger partial charge in [0.15, 0.2) is 12.2 Å². The van der Waals surface area contributed by atoms with Crippen LogP contribution in [-0.4, -0.2) is 78.4 Å². The summed E-state index contributed by atoms with van der Waals surface area (Å²) < 4.78 is 39.2. The molecular weight excluding hydrogens is 961 g/mol. The van der Waals surface area contributed by atoms with E-state index >= 15 is 4.79 Å². The van der Waals surface area contributed by atoms with Crippen LogP contribution in [-0.2, 0) is 33.2 Å². The van der Waals surface area contributed by atoms with Crippen molar-refractivity contribution >= 4 is 29.8 Å². The quantitative estimate of drug-likeness (QED) is 0.106. The number of rotatable bonds is 12. The lowest BCUT2D eigenvalue weighted by atomic mass is 9.32. The van der Waals surface area contributed by atoms with Crippen LogP contribution >= 0.6 is 0 Å². The van der Waals surface area contributed by atoms with Gasteiger partial charge < -0.3 is 33.5 Å². The Hall–Kier alpha value is -5.85. The summed E-state index contributed by atoms with van der Waals surface area (Å²) in [6.45, 7) is 15.7. The zero-order chi connectivity index (χ0) is 53.8. The Morgan fingerprint density at radius 2 is 1.07 bits per heavy atom. The number of fused-ring (bicyclic) bond motifs is 7. The Morgan fingerprint density at radius 1 is 0.553 bits per heavy atom. The molecule has 12 heteroatoms. The third-order valence-electron chi connectivity index (χ3n) is 20.5. The van der Waals surface area contributed by atoms with E-state index in [1.807, 2.05) is 0 Å². The molecule has 0 radical (unpaired) electrons. The van der Waals surface area contributed by atoms with Crippen molar-refractivity contribution in [2.45, 2.75) is 149 Å². The second-order valence-electron chi connectivity index (χ2n) is 24.8. The van der Waals surface area contributed by atoms with Crippen molar-refractivity contribution in [3.8, 4) is 0 Å². The molecule has 404 valence electrons. The number of carbonyl (C=O) groups is 5. The zero-order valence-corrected chi connectivity index (χ0v) is 45.2. The van der Waals surface area contributed by atoms with Gasteiger partial charge in [0, 0.05) is 0 Å². The van der Waals surface area contributed by atoms with Gasteiger partial charge in [-0.15, -0.1) is 0 Å². The molecule has 1 aliphatic heterocycles. The lowest BCUT2D eigenvalue weighted by Gasteiger charge is -2.72. The van der Waals surface area contributed by atoms with Crippen molar-refractivity contribution in [2.24, 2.45) is 62.6 Å². The fraction of sp³-hybridized carbons (Fsp3) is 0.547. The third-order valence-corrected chi connectivity index (χ3v) is 20.5. The Labute approximate surface area is 447 Å². The number of carbonyl (C=O) groups excluding carboxylic acids is 5. The lowest BCUT2D eigenvalue weighted by molar-refractivity contribution is -0.305. The highest BCUT2D eigenvalue weighted by molar-refractivity contribution is 5.92. The highest BCUT2D eigenvalue weighted by Crippen LogP contribution is 2.78. The Bertz CT molecular complexity index is 2750. The summed E-state index contributed by atoms with van der Waals surface area (Å²) in [6, 6.07) is 33.2. The van der Waals surface area contributed by atoms with E-state index in [4.69, 9.17) is 28.4 Å². The smallest absolute Gasteiger partial charge is 0.338 e. The highest BCUT2D eigenvalue weighted by Gasteiger charge is 2.75. The molecule has 6 fully saturated rings. The molecule has 1 heterocycles. The van der Waals surface area contributed by atoms with Crippen LogP contribution in [0.3, 0.4) is 0 Å². The van der Waals surface area contributed by atoms with E-state index in [1.54, 1.807) is 121 Å². The maximum Gasteiger partial charge on any atom is 0.338 e. The van der Waals surface area contributed by atoms with Gasteiger partial charge in [0.05, 0.1) is 33.8 Å². The number of esters is 5. The third kappa shape index (κ3) is 9.26. The van der Waals surface area contributed by atoms with Crippen LogP contribution in [0.4, 0.5) is 0 Å². The van der Waals surface area contributed by atoms with Crippen molar-refractivity contribution in [2.75, 3.05) is 6.61 Å². The molecule has 4 aromatic rings. The maximum absolute atomic E-state index is 16.8. The molecule has 5 aliphatic carbocycles. The van der Waals surface area contributed by atoms with E-state index in [9.17, 15) is 24.3 Å². The van der Waals surface area contributed by atoms with Gasteiger partial charge in [-0.3, -0.25) is 4.79 Å². The number of benzene rings is 4. The van der Waals surface area contributed by atoms with Gasteiger partial charge in [0.25, 0.3) is 0 Å². The minimum Gasteiger partial charge on any atom is -0.459 e. The molecule has 15 atom stereocenters. The summed E-state index contributed by atoms with van der Waals surface area (Å²) in [4.78, 5) is 74.0. The number of aliphatic hydroxyl groups is 1. The minimum atomic E-state index is -1.76. The highest BCUT2D eigenvalue weighted by atomic mass is 16.7. The maximum atomic E-state index is 16.8. The van der Waals surface area contributed by atoms with Gasteiger partial charge in [-0.25, -0.2) is 19.2 Å². The van der Waals surface area contributed by atoms with Crippen LogP contribution in [0.2, 0.25) is 0 Å². The number of hydrogen-bond donors (Lipinski definition) is 1. The topological polar surface area (TPSA) is 161 Å². The fourth-order valence-electron chi connectivity index (χ4n) is 16.7. The molecule has 0 spiro atoms. The van der Waals surface area contributed by atoms with Gasteiger partial charge in [0.2, 0.25) is 12.4 Å². The molecule has 10 rings (SSSR count). The van der Waals surface area contributed by atoms with Crippen LogP contribution in [0.1, 0.15) is 154 Å². The van der Waals surface area contributed by atoms with E-state index < -0.39 is 84.1 Å². The number of aliphatic hydroxyl groups excluding tert-OH is 1. The Balaban J connectivity index is 1.11. The monoisotopic (exact) mass is 1040 g/mol. The average molecular weight is 1040 g/mol. The van der Waals surface area contributed by atoms with E-state index in [1.165, 1.54) is 0 Å². The van der Waals surface area contributed by atoms with Crippen LogP contribution < -0.4 is 0 Å². The largest absolute Gasteiger partial charge is 0.459 e. The van der Waals surface area contributed by atoms with Gasteiger partial charge in [0.1, 0.15) is 12.7 Å². The number of ether oxygens (including phenoxy) is 6. The summed E-state index contributed by atoms with van der Waals surface area (Å²) in [5.74, 6) is -2.35. The molecule has 5 saturated carbocycles. The molecule has 76 heavy (non-hydrogen) atoms. The molecule has 1 saturated heterocycles. The summed E-state index contributed by atoms with van der Waals surface area (Å²) in [6.07, 6.45) is -0.127. The average Bonchev–Trinajstić information content (AvgIpc) is 3.85. The van der Waals surface area contributed by atoms with Crippen molar-refractivity contribution < 1.29 is 57.5 Å². The summed E-state index contributed by atoms with van der Waals surface area (Å²) in [7, 11) is 0.